The Labute approximate surface area is 257 Å². The van der Waals surface area contributed by atoms with Gasteiger partial charge in [0.15, 0.2) is 0 Å². The molecule has 1 aliphatic rings. The highest BCUT2D eigenvalue weighted by Crippen LogP contribution is 2.59. The maximum Gasteiger partial charge on any atom is 0.150 e. The van der Waals surface area contributed by atoms with Gasteiger partial charge in [0.1, 0.15) is 25.1 Å². The second-order valence-electron chi connectivity index (χ2n) is 10.8. The van der Waals surface area contributed by atoms with Crippen molar-refractivity contribution in [2.75, 3.05) is 0 Å². The summed E-state index contributed by atoms with van der Waals surface area (Å²) in [7, 11) is 0. The van der Waals surface area contributed by atoms with Gasteiger partial charge in [-0.2, -0.15) is 0 Å². The van der Waals surface area contributed by atoms with Gasteiger partial charge >= 0.3 is 0 Å². The number of carbonyl (C=O) groups excluding carboxylic acids is 4. The summed E-state index contributed by atoms with van der Waals surface area (Å²) in [5.41, 5.74) is 6.87. The quantitative estimate of drug-likeness (QED) is 0.125. The Morgan fingerprint density at radius 1 is 0.341 bits per heavy atom. The van der Waals surface area contributed by atoms with Crippen molar-refractivity contribution in [3.8, 4) is 0 Å². The van der Waals surface area contributed by atoms with Gasteiger partial charge in [0.2, 0.25) is 0 Å². The molecule has 1 aliphatic carbocycles. The molecule has 4 atom stereocenters. The smallest absolute Gasteiger partial charge is 0.150 e. The minimum atomic E-state index is 0.156. The van der Waals surface area contributed by atoms with E-state index in [-0.39, 0.29) is 23.7 Å². The molecule has 44 heavy (non-hydrogen) atoms. The highest BCUT2D eigenvalue weighted by atomic mass is 16.1. The molecule has 4 heteroatoms. The van der Waals surface area contributed by atoms with Gasteiger partial charge in [-0.3, -0.25) is 19.2 Å². The molecule has 1 saturated carbocycles. The average Bonchev–Trinajstić information content (AvgIpc) is 3.08. The van der Waals surface area contributed by atoms with Crippen LogP contribution in [0.1, 0.15) is 75.5 Å². The van der Waals surface area contributed by atoms with Crippen LogP contribution in [0, 0.1) is 11.8 Å². The van der Waals surface area contributed by atoms with E-state index in [4.69, 9.17) is 0 Å². The van der Waals surface area contributed by atoms with Gasteiger partial charge in [0.25, 0.3) is 0 Å². The van der Waals surface area contributed by atoms with E-state index in [1.165, 1.54) is 0 Å². The molecule has 0 aromatic heterocycles. The number of hydrogen-bond donors (Lipinski definition) is 0. The zero-order valence-corrected chi connectivity index (χ0v) is 24.1. The van der Waals surface area contributed by atoms with E-state index in [1.807, 2.05) is 97.1 Å². The second kappa shape index (κ2) is 14.6. The standard InChI is InChI=1S/C40H32O4/c41-25-31-13-9-29(10-14-31)5-1-3-7-37-38(8-4-2-6-30-11-15-32(26-42)16-12-30)40(36-23-19-34(28-44)20-24-36)39(37)35-21-17-33(27-43)18-22-35/h1-28,37-40H/b5-1+,6-2+,7-3+,8-4+. The first-order chi connectivity index (χ1) is 21.6. The summed E-state index contributed by atoms with van der Waals surface area (Å²) in [4.78, 5) is 44.6. The van der Waals surface area contributed by atoms with Crippen molar-refractivity contribution in [2.24, 2.45) is 11.8 Å². The van der Waals surface area contributed by atoms with Crippen LogP contribution in [-0.4, -0.2) is 25.1 Å². The van der Waals surface area contributed by atoms with Crippen LogP contribution in [0.5, 0.6) is 0 Å². The van der Waals surface area contributed by atoms with Crippen LogP contribution < -0.4 is 0 Å². The Bertz CT molecular complexity index is 1570. The minimum Gasteiger partial charge on any atom is -0.298 e. The predicted molar refractivity (Wildman–Crippen MR) is 176 cm³/mol. The van der Waals surface area contributed by atoms with Gasteiger partial charge in [0, 0.05) is 22.3 Å². The lowest BCUT2D eigenvalue weighted by atomic mass is 9.52. The molecule has 216 valence electrons. The minimum absolute atomic E-state index is 0.156. The van der Waals surface area contributed by atoms with Gasteiger partial charge < -0.3 is 0 Å². The number of hydrogen-bond acceptors (Lipinski definition) is 4. The molecular formula is C40H32O4. The number of allylic oxidation sites excluding steroid dienone is 6. The summed E-state index contributed by atoms with van der Waals surface area (Å²) in [5.74, 6) is 0.658. The van der Waals surface area contributed by atoms with Crippen molar-refractivity contribution < 1.29 is 19.2 Å². The molecule has 4 aromatic rings. The van der Waals surface area contributed by atoms with E-state index in [9.17, 15) is 19.2 Å². The number of benzene rings is 4. The first-order valence-electron chi connectivity index (χ1n) is 14.5. The molecule has 0 bridgehead atoms. The first-order valence-corrected chi connectivity index (χ1v) is 14.5. The Kier molecular flexibility index (Phi) is 9.96. The van der Waals surface area contributed by atoms with Crippen LogP contribution >= 0.6 is 0 Å². The van der Waals surface area contributed by atoms with E-state index in [0.29, 0.717) is 22.3 Å². The lowest BCUT2D eigenvalue weighted by Crippen LogP contribution is -2.41. The third-order valence-electron chi connectivity index (χ3n) is 8.19. The average molecular weight is 577 g/mol. The summed E-state index contributed by atoms with van der Waals surface area (Å²) < 4.78 is 0. The van der Waals surface area contributed by atoms with Gasteiger partial charge in [0.05, 0.1) is 0 Å². The lowest BCUT2D eigenvalue weighted by molar-refractivity contribution is 0.111. The molecule has 0 aliphatic heterocycles. The van der Waals surface area contributed by atoms with Crippen LogP contribution in [0.3, 0.4) is 0 Å². The van der Waals surface area contributed by atoms with Gasteiger partial charge in [-0.25, -0.2) is 0 Å². The van der Waals surface area contributed by atoms with E-state index < -0.39 is 0 Å². The summed E-state index contributed by atoms with van der Waals surface area (Å²) in [6.07, 6.45) is 20.0. The molecule has 0 saturated heterocycles. The Balaban J connectivity index is 1.46. The molecular weight excluding hydrogens is 544 g/mol. The number of aldehydes is 4. The van der Waals surface area contributed by atoms with Crippen LogP contribution in [0.15, 0.2) is 134 Å². The molecule has 0 radical (unpaired) electrons. The second-order valence-corrected chi connectivity index (χ2v) is 10.8. The molecule has 0 heterocycles. The van der Waals surface area contributed by atoms with Crippen LogP contribution in [0.4, 0.5) is 0 Å². The van der Waals surface area contributed by atoms with Crippen molar-refractivity contribution >= 4 is 37.3 Å². The maximum absolute atomic E-state index is 11.3. The molecule has 4 unspecified atom stereocenters. The predicted octanol–water partition coefficient (Wildman–Crippen LogP) is 8.59. The summed E-state index contributed by atoms with van der Waals surface area (Å²) >= 11 is 0. The molecule has 4 nitrogen and oxygen atoms in total. The Morgan fingerprint density at radius 2 is 0.614 bits per heavy atom. The highest BCUT2D eigenvalue weighted by Gasteiger charge is 2.48. The van der Waals surface area contributed by atoms with Crippen LogP contribution in [0.2, 0.25) is 0 Å². The molecule has 5 rings (SSSR count). The van der Waals surface area contributed by atoms with Crippen molar-refractivity contribution in [1.29, 1.82) is 0 Å². The van der Waals surface area contributed by atoms with Crippen molar-refractivity contribution in [3.05, 3.63) is 178 Å². The molecule has 0 spiro atoms. The van der Waals surface area contributed by atoms with Gasteiger partial charge in [-0.15, -0.1) is 0 Å². The number of carbonyl (C=O) groups is 4. The maximum atomic E-state index is 11.3. The van der Waals surface area contributed by atoms with Gasteiger partial charge in [-0.05, 0) is 45.9 Å². The summed E-state index contributed by atoms with van der Waals surface area (Å²) in [6, 6.07) is 30.4. The molecule has 4 aromatic carbocycles. The Hall–Kier alpha value is -5.48. The SMILES string of the molecule is O=Cc1ccc(/C=C/C=C/C2C(/C=C/C=C/c3ccc(C=O)cc3)C(c3ccc(C=O)cc3)C2c2ccc(C=O)cc2)cc1. The number of rotatable bonds is 12. The fourth-order valence-electron chi connectivity index (χ4n) is 5.85. The fraction of sp³-hybridized carbons (Fsp3) is 0.100. The normalized spacial score (nSPS) is 19.8. The van der Waals surface area contributed by atoms with Gasteiger partial charge in [-0.1, -0.05) is 146 Å². The van der Waals surface area contributed by atoms with Crippen LogP contribution in [-0.2, 0) is 0 Å². The zero-order valence-electron chi connectivity index (χ0n) is 24.1. The Morgan fingerprint density at radius 3 is 0.909 bits per heavy atom. The largest absolute Gasteiger partial charge is 0.298 e. The third-order valence-corrected chi connectivity index (χ3v) is 8.19. The van der Waals surface area contributed by atoms with Crippen molar-refractivity contribution in [1.82, 2.24) is 0 Å². The topological polar surface area (TPSA) is 68.3 Å². The monoisotopic (exact) mass is 576 g/mol. The molecule has 0 N–H and O–H groups in total. The molecule has 0 amide bonds. The highest BCUT2D eigenvalue weighted by molar-refractivity contribution is 5.76. The fourth-order valence-corrected chi connectivity index (χ4v) is 5.85. The van der Waals surface area contributed by atoms with Crippen molar-refractivity contribution in [3.63, 3.8) is 0 Å². The van der Waals surface area contributed by atoms with E-state index in [0.717, 1.165) is 47.4 Å². The summed E-state index contributed by atoms with van der Waals surface area (Å²) in [5, 5.41) is 0. The zero-order chi connectivity index (χ0) is 30.7. The molecule has 1 fully saturated rings. The van der Waals surface area contributed by atoms with E-state index >= 15 is 0 Å². The van der Waals surface area contributed by atoms with E-state index in [1.54, 1.807) is 24.3 Å². The van der Waals surface area contributed by atoms with E-state index in [2.05, 4.69) is 24.3 Å². The van der Waals surface area contributed by atoms with Crippen molar-refractivity contribution in [2.45, 2.75) is 11.8 Å². The first kappa shape index (κ1) is 30.0. The van der Waals surface area contributed by atoms with Crippen LogP contribution in [0.25, 0.3) is 12.2 Å². The summed E-state index contributed by atoms with van der Waals surface area (Å²) in [6.45, 7) is 0. The third kappa shape index (κ3) is 7.11. The lowest BCUT2D eigenvalue weighted by Gasteiger charge is -2.51.